The number of pyridine rings is 1. The number of methoxy groups -OCH3 is 1. The van der Waals surface area contributed by atoms with Crippen LogP contribution >= 0.6 is 0 Å². The lowest BCUT2D eigenvalue weighted by Gasteiger charge is -2.33. The molecule has 0 bridgehead atoms. The number of rotatable bonds is 9. The number of hydrogen-bond donors (Lipinski definition) is 3. The number of fused-ring (bicyclic) bond motifs is 1. The molecule has 1 fully saturated rings. The lowest BCUT2D eigenvalue weighted by Crippen LogP contribution is -2.44. The van der Waals surface area contributed by atoms with E-state index in [0.29, 0.717) is 43.1 Å². The molecule has 226 valence electrons. The Bertz CT molecular complexity index is 1610. The van der Waals surface area contributed by atoms with Gasteiger partial charge in [-0.05, 0) is 61.0 Å². The van der Waals surface area contributed by atoms with Crippen LogP contribution in [0.15, 0.2) is 60.8 Å². The molecule has 9 nitrogen and oxygen atoms in total. The van der Waals surface area contributed by atoms with Crippen LogP contribution in [0.2, 0.25) is 0 Å². The van der Waals surface area contributed by atoms with E-state index in [1.807, 2.05) is 24.1 Å². The predicted octanol–water partition coefficient (Wildman–Crippen LogP) is 5.02. The van der Waals surface area contributed by atoms with Gasteiger partial charge in [0.1, 0.15) is 11.3 Å². The second-order valence-electron chi connectivity index (χ2n) is 10.6. The maximum absolute atomic E-state index is 14.0. The average molecular weight is 595 g/mol. The average Bonchev–Trinajstić information content (AvgIpc) is 3.41. The summed E-state index contributed by atoms with van der Waals surface area (Å²) in [6.45, 7) is 3.73. The standard InChI is InChI=1S/C31H33F3N6O3/c1-39-10-12-40(13-11-39)19-22-7-6-21(16-26(22)31(32,33)34)29(41)37-24-5-3-4-20(14-24)8-9-35-25-15-23-17-27(30(42)43-2)38-28(23)36-18-25/h3-7,14-18,35H,8-13,19H2,1-2H3,(H,36,38)(H,37,41). The van der Waals surface area contributed by atoms with Crippen LogP contribution in [-0.4, -0.2) is 78.5 Å². The van der Waals surface area contributed by atoms with Crippen LogP contribution < -0.4 is 10.6 Å². The van der Waals surface area contributed by atoms with Gasteiger partial charge in [-0.3, -0.25) is 9.69 Å². The number of likely N-dealkylation sites (N-methyl/N-ethyl adjacent to an activating group) is 1. The van der Waals surface area contributed by atoms with E-state index in [2.05, 4.69) is 25.5 Å². The van der Waals surface area contributed by atoms with Gasteiger partial charge in [0.25, 0.3) is 5.91 Å². The quantitative estimate of drug-likeness (QED) is 0.234. The Kier molecular flexibility index (Phi) is 8.97. The van der Waals surface area contributed by atoms with Gasteiger partial charge in [0, 0.05) is 55.9 Å². The van der Waals surface area contributed by atoms with Crippen molar-refractivity contribution in [1.29, 1.82) is 0 Å². The number of piperazine rings is 1. The molecule has 5 rings (SSSR count). The summed E-state index contributed by atoms with van der Waals surface area (Å²) in [5.74, 6) is -1.08. The topological polar surface area (TPSA) is 103 Å². The third kappa shape index (κ3) is 7.51. The zero-order chi connectivity index (χ0) is 30.6. The number of aromatic amines is 1. The highest BCUT2D eigenvalue weighted by Crippen LogP contribution is 2.34. The summed E-state index contributed by atoms with van der Waals surface area (Å²) in [5, 5.41) is 6.78. The van der Waals surface area contributed by atoms with Gasteiger partial charge in [-0.2, -0.15) is 13.2 Å². The SMILES string of the molecule is COC(=O)c1cc2cc(NCCc3cccc(NC(=O)c4ccc(CN5CCN(C)CC5)c(C(F)(F)F)c4)c3)cnc2[nH]1. The van der Waals surface area contributed by atoms with Gasteiger partial charge in [0.05, 0.1) is 24.6 Å². The normalized spacial score (nSPS) is 14.5. The van der Waals surface area contributed by atoms with E-state index in [1.54, 1.807) is 30.5 Å². The zero-order valence-corrected chi connectivity index (χ0v) is 23.9. The minimum atomic E-state index is -4.57. The number of H-pyrrole nitrogens is 1. The zero-order valence-electron chi connectivity index (χ0n) is 23.9. The smallest absolute Gasteiger partial charge is 0.416 e. The molecule has 3 N–H and O–H groups in total. The summed E-state index contributed by atoms with van der Waals surface area (Å²) < 4.78 is 46.6. The number of anilines is 2. The second kappa shape index (κ2) is 12.8. The first-order valence-electron chi connectivity index (χ1n) is 13.9. The molecule has 1 aliphatic heterocycles. The summed E-state index contributed by atoms with van der Waals surface area (Å²) >= 11 is 0. The predicted molar refractivity (Wildman–Crippen MR) is 158 cm³/mol. The third-order valence-corrected chi connectivity index (χ3v) is 7.47. The fourth-order valence-electron chi connectivity index (χ4n) is 5.06. The van der Waals surface area contributed by atoms with Crippen molar-refractivity contribution < 1.29 is 27.5 Å². The summed E-state index contributed by atoms with van der Waals surface area (Å²) in [5.41, 5.74) is 2.40. The van der Waals surface area contributed by atoms with Gasteiger partial charge >= 0.3 is 12.1 Å². The van der Waals surface area contributed by atoms with E-state index < -0.39 is 23.6 Å². The Balaban J connectivity index is 1.20. The van der Waals surface area contributed by atoms with Crippen molar-refractivity contribution in [3.8, 4) is 0 Å². The molecule has 43 heavy (non-hydrogen) atoms. The Morgan fingerprint density at radius 3 is 2.56 bits per heavy atom. The van der Waals surface area contributed by atoms with Crippen molar-refractivity contribution >= 4 is 34.3 Å². The molecule has 0 unspecified atom stereocenters. The fourth-order valence-corrected chi connectivity index (χ4v) is 5.06. The first-order valence-corrected chi connectivity index (χ1v) is 13.9. The molecule has 0 atom stereocenters. The summed E-state index contributed by atoms with van der Waals surface area (Å²) in [4.78, 5) is 36.1. The van der Waals surface area contributed by atoms with Gasteiger partial charge in [-0.1, -0.05) is 18.2 Å². The Hall–Kier alpha value is -4.42. The maximum Gasteiger partial charge on any atom is 0.416 e. The number of aromatic nitrogens is 2. The fraction of sp³-hybridized carbons (Fsp3) is 0.323. The number of nitrogens with one attached hydrogen (secondary N) is 3. The van der Waals surface area contributed by atoms with Crippen LogP contribution in [0.1, 0.15) is 37.5 Å². The molecular formula is C31H33F3N6O3. The van der Waals surface area contributed by atoms with Crippen molar-refractivity contribution in [2.24, 2.45) is 0 Å². The molecule has 1 aliphatic rings. The molecule has 0 saturated carbocycles. The minimum Gasteiger partial charge on any atom is -0.464 e. The van der Waals surface area contributed by atoms with E-state index >= 15 is 0 Å². The number of alkyl halides is 3. The van der Waals surface area contributed by atoms with Crippen LogP contribution in [0.3, 0.4) is 0 Å². The second-order valence-corrected chi connectivity index (χ2v) is 10.6. The first kappa shape index (κ1) is 30.1. The molecule has 1 amide bonds. The van der Waals surface area contributed by atoms with Crippen LogP contribution in [0.5, 0.6) is 0 Å². The molecule has 1 saturated heterocycles. The Labute approximate surface area is 247 Å². The molecule has 3 heterocycles. The van der Waals surface area contributed by atoms with E-state index in [0.717, 1.165) is 35.8 Å². The van der Waals surface area contributed by atoms with Crippen LogP contribution in [0, 0.1) is 0 Å². The largest absolute Gasteiger partial charge is 0.464 e. The summed E-state index contributed by atoms with van der Waals surface area (Å²) in [6, 6.07) is 14.5. The maximum atomic E-state index is 14.0. The number of esters is 1. The number of carbonyl (C=O) groups excluding carboxylic acids is 2. The van der Waals surface area contributed by atoms with Crippen molar-refractivity contribution in [2.75, 3.05) is 57.5 Å². The molecule has 0 aliphatic carbocycles. The van der Waals surface area contributed by atoms with Gasteiger partial charge in [0.2, 0.25) is 0 Å². The highest BCUT2D eigenvalue weighted by Gasteiger charge is 2.34. The highest BCUT2D eigenvalue weighted by atomic mass is 19.4. The lowest BCUT2D eigenvalue weighted by molar-refractivity contribution is -0.138. The summed E-state index contributed by atoms with van der Waals surface area (Å²) in [7, 11) is 3.30. The highest BCUT2D eigenvalue weighted by molar-refractivity contribution is 6.04. The van der Waals surface area contributed by atoms with Gasteiger partial charge in [0.15, 0.2) is 0 Å². The van der Waals surface area contributed by atoms with Gasteiger partial charge in [-0.15, -0.1) is 0 Å². The van der Waals surface area contributed by atoms with E-state index in [4.69, 9.17) is 4.74 Å². The number of amides is 1. The Morgan fingerprint density at radius 2 is 1.81 bits per heavy atom. The molecule has 2 aromatic carbocycles. The van der Waals surface area contributed by atoms with E-state index in [1.165, 1.54) is 19.2 Å². The van der Waals surface area contributed by atoms with Crippen LogP contribution in [0.4, 0.5) is 24.5 Å². The molecular weight excluding hydrogens is 561 g/mol. The van der Waals surface area contributed by atoms with Crippen LogP contribution in [0.25, 0.3) is 11.0 Å². The molecule has 0 radical (unpaired) electrons. The third-order valence-electron chi connectivity index (χ3n) is 7.47. The molecule has 2 aromatic heterocycles. The number of ether oxygens (including phenoxy) is 1. The van der Waals surface area contributed by atoms with Crippen molar-refractivity contribution in [3.63, 3.8) is 0 Å². The number of carbonyl (C=O) groups is 2. The van der Waals surface area contributed by atoms with Crippen molar-refractivity contribution in [2.45, 2.75) is 19.1 Å². The van der Waals surface area contributed by atoms with Crippen molar-refractivity contribution in [1.82, 2.24) is 19.8 Å². The molecule has 4 aromatic rings. The van der Waals surface area contributed by atoms with Gasteiger partial charge < -0.3 is 25.3 Å². The van der Waals surface area contributed by atoms with E-state index in [9.17, 15) is 22.8 Å². The lowest BCUT2D eigenvalue weighted by atomic mass is 10.0. The number of halogens is 3. The minimum absolute atomic E-state index is 0.0514. The number of benzene rings is 2. The Morgan fingerprint density at radius 1 is 1.02 bits per heavy atom. The first-order chi connectivity index (χ1) is 20.6. The van der Waals surface area contributed by atoms with Gasteiger partial charge in [-0.25, -0.2) is 9.78 Å². The van der Waals surface area contributed by atoms with E-state index in [-0.39, 0.29) is 17.7 Å². The van der Waals surface area contributed by atoms with Crippen LogP contribution in [-0.2, 0) is 23.9 Å². The molecule has 0 spiro atoms. The summed E-state index contributed by atoms with van der Waals surface area (Å²) in [6.07, 6.45) is -2.31. The molecule has 12 heteroatoms. The number of hydrogen-bond acceptors (Lipinski definition) is 7. The van der Waals surface area contributed by atoms with Crippen molar-refractivity contribution in [3.05, 3.63) is 88.7 Å². The number of nitrogens with zero attached hydrogens (tertiary/aromatic N) is 3. The monoisotopic (exact) mass is 594 g/mol.